The van der Waals surface area contributed by atoms with Crippen LogP contribution < -0.4 is 0 Å². The summed E-state index contributed by atoms with van der Waals surface area (Å²) in [5, 5.41) is 0. The lowest BCUT2D eigenvalue weighted by molar-refractivity contribution is -0.141. The van der Waals surface area contributed by atoms with Crippen LogP contribution in [0.1, 0.15) is 40.5 Å². The van der Waals surface area contributed by atoms with Crippen LogP contribution in [-0.2, 0) is 14.3 Å². The van der Waals surface area contributed by atoms with Crippen LogP contribution >= 0.6 is 0 Å². The van der Waals surface area contributed by atoms with E-state index in [1.807, 2.05) is 13.8 Å². The first-order valence-electron chi connectivity index (χ1n) is 6.21. The van der Waals surface area contributed by atoms with Crippen molar-refractivity contribution in [3.63, 3.8) is 0 Å². The lowest BCUT2D eigenvalue weighted by Crippen LogP contribution is -2.48. The summed E-state index contributed by atoms with van der Waals surface area (Å²) in [6.07, 6.45) is 3.32. The number of imide groups is 1. The Morgan fingerprint density at radius 3 is 2.47 bits per heavy atom. The zero-order chi connectivity index (χ0) is 12.8. The van der Waals surface area contributed by atoms with E-state index in [0.717, 1.165) is 12.8 Å². The predicted molar refractivity (Wildman–Crippen MR) is 63.3 cm³/mol. The molecular weight excluding hydrogens is 218 g/mol. The third-order valence-electron chi connectivity index (χ3n) is 4.00. The molecule has 4 heteroatoms. The molecule has 4 nitrogen and oxygen atoms in total. The van der Waals surface area contributed by atoms with E-state index >= 15 is 0 Å². The number of amides is 2. The number of hydrogen-bond acceptors (Lipinski definition) is 3. The maximum Gasteiger partial charge on any atom is 0.256 e. The first kappa shape index (κ1) is 12.3. The summed E-state index contributed by atoms with van der Waals surface area (Å²) in [6.45, 7) is 7.68. The van der Waals surface area contributed by atoms with Gasteiger partial charge in [-0.25, -0.2) is 0 Å². The van der Waals surface area contributed by atoms with Gasteiger partial charge >= 0.3 is 0 Å². The lowest BCUT2D eigenvalue weighted by atomic mass is 9.91. The number of nitrogens with zero attached hydrogens (tertiary/aromatic N) is 1. The van der Waals surface area contributed by atoms with E-state index in [9.17, 15) is 9.59 Å². The molecule has 0 aromatic heterocycles. The maximum absolute atomic E-state index is 11.9. The van der Waals surface area contributed by atoms with Gasteiger partial charge in [0, 0.05) is 11.6 Å². The molecule has 0 bridgehead atoms. The summed E-state index contributed by atoms with van der Waals surface area (Å²) in [5.41, 5.74) is 0.195. The highest BCUT2D eigenvalue weighted by molar-refractivity contribution is 6.16. The Labute approximate surface area is 102 Å². The molecule has 0 radical (unpaired) electrons. The summed E-state index contributed by atoms with van der Waals surface area (Å²) in [7, 11) is 0. The molecule has 17 heavy (non-hydrogen) atoms. The van der Waals surface area contributed by atoms with Gasteiger partial charge in [-0.3, -0.25) is 14.5 Å². The molecule has 3 unspecified atom stereocenters. The number of epoxide rings is 1. The molecule has 3 atom stereocenters. The minimum Gasteiger partial charge on any atom is -0.364 e. The fourth-order valence-electron chi connectivity index (χ4n) is 2.83. The molecule has 1 saturated heterocycles. The largest absolute Gasteiger partial charge is 0.364 e. The molecule has 2 amide bonds. The van der Waals surface area contributed by atoms with Crippen molar-refractivity contribution in [2.75, 3.05) is 0 Å². The van der Waals surface area contributed by atoms with E-state index in [-0.39, 0.29) is 29.6 Å². The molecule has 2 rings (SSSR count). The van der Waals surface area contributed by atoms with Crippen molar-refractivity contribution in [3.05, 3.63) is 11.6 Å². The average Bonchev–Trinajstić information content (AvgIpc) is 2.97. The average molecular weight is 237 g/mol. The second-order valence-corrected chi connectivity index (χ2v) is 4.84. The van der Waals surface area contributed by atoms with Gasteiger partial charge in [-0.05, 0) is 26.7 Å². The first-order valence-corrected chi connectivity index (χ1v) is 6.21. The van der Waals surface area contributed by atoms with Gasteiger partial charge in [0.25, 0.3) is 11.8 Å². The molecule has 0 aromatic carbocycles. The maximum atomic E-state index is 11.9. The topological polar surface area (TPSA) is 49.9 Å². The summed E-state index contributed by atoms with van der Waals surface area (Å²) in [5.74, 6) is -0.390. The van der Waals surface area contributed by atoms with Crippen LogP contribution in [0.4, 0.5) is 0 Å². The molecule has 1 fully saturated rings. The van der Waals surface area contributed by atoms with Crippen molar-refractivity contribution in [2.45, 2.75) is 58.3 Å². The van der Waals surface area contributed by atoms with E-state index in [4.69, 9.17) is 4.74 Å². The number of carbonyl (C=O) groups excluding carboxylic acids is 2. The molecule has 2 aliphatic rings. The summed E-state index contributed by atoms with van der Waals surface area (Å²) in [6, 6.07) is -0.189. The van der Waals surface area contributed by atoms with E-state index in [2.05, 4.69) is 6.92 Å². The molecule has 0 N–H and O–H groups in total. The van der Waals surface area contributed by atoms with E-state index < -0.39 is 0 Å². The van der Waals surface area contributed by atoms with Crippen molar-refractivity contribution in [1.29, 1.82) is 0 Å². The lowest BCUT2D eigenvalue weighted by Gasteiger charge is -2.28. The van der Waals surface area contributed by atoms with Crippen molar-refractivity contribution in [2.24, 2.45) is 0 Å². The number of hydrogen-bond donors (Lipinski definition) is 0. The van der Waals surface area contributed by atoms with Gasteiger partial charge in [0.15, 0.2) is 0 Å². The Kier molecular flexibility index (Phi) is 2.86. The van der Waals surface area contributed by atoms with Crippen LogP contribution in [0.5, 0.6) is 0 Å². The number of rotatable bonds is 4. The monoisotopic (exact) mass is 237 g/mol. The Morgan fingerprint density at radius 1 is 1.47 bits per heavy atom. The molecule has 2 aliphatic heterocycles. The second kappa shape index (κ2) is 3.95. The number of carbonyl (C=O) groups is 2. The van der Waals surface area contributed by atoms with Crippen LogP contribution in [0.25, 0.3) is 0 Å². The van der Waals surface area contributed by atoms with Crippen molar-refractivity contribution in [1.82, 2.24) is 4.90 Å². The van der Waals surface area contributed by atoms with Crippen LogP contribution in [0.3, 0.4) is 0 Å². The van der Waals surface area contributed by atoms with Gasteiger partial charge in [0.05, 0.1) is 12.1 Å². The summed E-state index contributed by atoms with van der Waals surface area (Å²) >= 11 is 0. The van der Waals surface area contributed by atoms with E-state index in [0.29, 0.717) is 5.57 Å². The SMILES string of the molecule is CCC1OC1(CC)C(C)N1C(=O)C=C(C)C1=O. The molecule has 0 spiro atoms. The highest BCUT2D eigenvalue weighted by Gasteiger charge is 2.60. The fourth-order valence-corrected chi connectivity index (χ4v) is 2.83. The quantitative estimate of drug-likeness (QED) is 0.552. The molecule has 2 heterocycles. The Hall–Kier alpha value is -1.16. The molecule has 0 aromatic rings. The minimum absolute atomic E-state index is 0.170. The smallest absolute Gasteiger partial charge is 0.256 e. The normalized spacial score (nSPS) is 34.0. The van der Waals surface area contributed by atoms with Crippen LogP contribution in [-0.4, -0.2) is 34.5 Å². The van der Waals surface area contributed by atoms with E-state index in [1.165, 1.54) is 11.0 Å². The Morgan fingerprint density at radius 2 is 2.12 bits per heavy atom. The van der Waals surface area contributed by atoms with E-state index in [1.54, 1.807) is 6.92 Å². The van der Waals surface area contributed by atoms with Crippen LogP contribution in [0.2, 0.25) is 0 Å². The summed E-state index contributed by atoms with van der Waals surface area (Å²) < 4.78 is 5.74. The zero-order valence-electron chi connectivity index (χ0n) is 10.8. The Bertz CT molecular complexity index is 401. The van der Waals surface area contributed by atoms with Gasteiger partial charge in [0.2, 0.25) is 0 Å². The second-order valence-electron chi connectivity index (χ2n) is 4.84. The molecule has 94 valence electrons. The predicted octanol–water partition coefficient (Wildman–Crippen LogP) is 1.65. The molecule has 0 aliphatic carbocycles. The third kappa shape index (κ3) is 1.62. The number of ether oxygens (including phenoxy) is 1. The van der Waals surface area contributed by atoms with Crippen molar-refractivity contribution in [3.8, 4) is 0 Å². The summed E-state index contributed by atoms with van der Waals surface area (Å²) in [4.78, 5) is 25.1. The fraction of sp³-hybridized carbons (Fsp3) is 0.692. The van der Waals surface area contributed by atoms with Crippen molar-refractivity contribution >= 4 is 11.8 Å². The standard InChI is InChI=1S/C13H19NO3/c1-5-10-13(6-2,17-10)9(4)14-11(15)7-8(3)12(14)16/h7,9-10H,5-6H2,1-4H3. The third-order valence-corrected chi connectivity index (χ3v) is 4.00. The van der Waals surface area contributed by atoms with Crippen LogP contribution in [0.15, 0.2) is 11.6 Å². The van der Waals surface area contributed by atoms with Crippen molar-refractivity contribution < 1.29 is 14.3 Å². The van der Waals surface area contributed by atoms with Gasteiger partial charge < -0.3 is 4.74 Å². The van der Waals surface area contributed by atoms with Gasteiger partial charge in [-0.1, -0.05) is 13.8 Å². The molecule has 0 saturated carbocycles. The van der Waals surface area contributed by atoms with Crippen LogP contribution in [0, 0.1) is 0 Å². The minimum atomic E-state index is -0.321. The molecular formula is C13H19NO3. The zero-order valence-corrected chi connectivity index (χ0v) is 10.8. The Balaban J connectivity index is 2.20. The van der Waals surface area contributed by atoms with Gasteiger partial charge in [0.1, 0.15) is 5.60 Å². The first-order chi connectivity index (χ1) is 7.97. The van der Waals surface area contributed by atoms with Gasteiger partial charge in [-0.15, -0.1) is 0 Å². The van der Waals surface area contributed by atoms with Gasteiger partial charge in [-0.2, -0.15) is 0 Å². The highest BCUT2D eigenvalue weighted by Crippen LogP contribution is 2.46. The highest BCUT2D eigenvalue weighted by atomic mass is 16.6.